The number of aromatic nitrogens is 1. The van der Waals surface area contributed by atoms with Gasteiger partial charge in [-0.3, -0.25) is 9.59 Å². The number of aryl methyl sites for hydroxylation is 1. The Morgan fingerprint density at radius 1 is 1.05 bits per heavy atom. The number of carbonyl (C=O) groups excluding carboxylic acids is 2. The number of rotatable bonds is 4. The van der Waals surface area contributed by atoms with Gasteiger partial charge in [0.1, 0.15) is 5.69 Å². The number of ketones is 1. The van der Waals surface area contributed by atoms with E-state index in [2.05, 4.69) is 17.2 Å². The topological polar surface area (TPSA) is 62.0 Å². The van der Waals surface area contributed by atoms with Gasteiger partial charge in [0.25, 0.3) is 5.91 Å². The fourth-order valence-corrected chi connectivity index (χ4v) is 1.76. The average molecular weight is 256 g/mol. The van der Waals surface area contributed by atoms with Crippen LogP contribution in [0.5, 0.6) is 0 Å². The summed E-state index contributed by atoms with van der Waals surface area (Å²) < 4.78 is 0. The van der Waals surface area contributed by atoms with Crippen LogP contribution in [0.4, 0.5) is 5.69 Å². The molecule has 0 fully saturated rings. The first kappa shape index (κ1) is 13.1. The molecular weight excluding hydrogens is 240 g/mol. The van der Waals surface area contributed by atoms with Crippen LogP contribution in [0.25, 0.3) is 0 Å². The molecule has 2 N–H and O–H groups in total. The number of aromatic amines is 1. The summed E-state index contributed by atoms with van der Waals surface area (Å²) >= 11 is 0. The molecular formula is C15H16N2O2. The molecule has 0 aliphatic carbocycles. The summed E-state index contributed by atoms with van der Waals surface area (Å²) in [5.41, 5.74) is 2.77. The average Bonchev–Trinajstić information content (AvgIpc) is 2.89. The summed E-state index contributed by atoms with van der Waals surface area (Å²) in [6.45, 7) is 3.53. The number of hydrogen-bond acceptors (Lipinski definition) is 2. The van der Waals surface area contributed by atoms with Gasteiger partial charge in [0, 0.05) is 12.6 Å². The van der Waals surface area contributed by atoms with Crippen LogP contribution in [0, 0.1) is 0 Å². The van der Waals surface area contributed by atoms with Gasteiger partial charge in [-0.05, 0) is 36.2 Å². The van der Waals surface area contributed by atoms with Crippen molar-refractivity contribution >= 4 is 17.4 Å². The first-order valence-electron chi connectivity index (χ1n) is 6.20. The molecule has 0 saturated heterocycles. The molecule has 19 heavy (non-hydrogen) atoms. The van der Waals surface area contributed by atoms with Crippen LogP contribution in [0.15, 0.2) is 36.4 Å². The summed E-state index contributed by atoms with van der Waals surface area (Å²) in [6.07, 6.45) is 0.965. The van der Waals surface area contributed by atoms with Crippen LogP contribution in [-0.2, 0) is 6.42 Å². The Bertz CT molecular complexity index is 597. The van der Waals surface area contributed by atoms with E-state index in [4.69, 9.17) is 0 Å². The van der Waals surface area contributed by atoms with E-state index in [1.165, 1.54) is 12.5 Å². The van der Waals surface area contributed by atoms with Crippen molar-refractivity contribution in [2.75, 3.05) is 5.32 Å². The minimum absolute atomic E-state index is 0.0913. The van der Waals surface area contributed by atoms with Crippen molar-refractivity contribution in [3.63, 3.8) is 0 Å². The third kappa shape index (κ3) is 3.10. The van der Waals surface area contributed by atoms with Gasteiger partial charge in [0.05, 0.1) is 5.69 Å². The molecule has 4 nitrogen and oxygen atoms in total. The largest absolute Gasteiger partial charge is 0.348 e. The molecule has 0 unspecified atom stereocenters. The fourth-order valence-electron chi connectivity index (χ4n) is 1.76. The van der Waals surface area contributed by atoms with E-state index in [0.29, 0.717) is 11.4 Å². The fraction of sp³-hybridized carbons (Fsp3) is 0.200. The molecule has 2 rings (SSSR count). The van der Waals surface area contributed by atoms with Crippen molar-refractivity contribution in [3.8, 4) is 0 Å². The Kier molecular flexibility index (Phi) is 3.80. The maximum absolute atomic E-state index is 12.0. The molecule has 4 heteroatoms. The normalized spacial score (nSPS) is 10.2. The number of nitrogens with one attached hydrogen (secondary N) is 2. The van der Waals surface area contributed by atoms with Crippen molar-refractivity contribution in [1.29, 1.82) is 0 Å². The molecule has 0 aliphatic heterocycles. The van der Waals surface area contributed by atoms with Crippen molar-refractivity contribution in [2.24, 2.45) is 0 Å². The second-order valence-electron chi connectivity index (χ2n) is 4.35. The number of carbonyl (C=O) groups is 2. The SMILES string of the molecule is CCc1ccc(NC(=O)c2ccc(C(C)=O)[nH]2)cc1. The van der Waals surface area contributed by atoms with Crippen LogP contribution in [0.1, 0.15) is 40.4 Å². The summed E-state index contributed by atoms with van der Waals surface area (Å²) in [4.78, 5) is 25.9. The summed E-state index contributed by atoms with van der Waals surface area (Å²) in [5, 5.41) is 2.78. The predicted molar refractivity (Wildman–Crippen MR) is 74.6 cm³/mol. The van der Waals surface area contributed by atoms with Gasteiger partial charge in [-0.2, -0.15) is 0 Å². The molecule has 1 heterocycles. The number of hydrogen-bond donors (Lipinski definition) is 2. The quantitative estimate of drug-likeness (QED) is 0.826. The molecule has 0 bridgehead atoms. The second kappa shape index (κ2) is 5.52. The Hall–Kier alpha value is -2.36. The number of amides is 1. The van der Waals surface area contributed by atoms with E-state index in [9.17, 15) is 9.59 Å². The highest BCUT2D eigenvalue weighted by Crippen LogP contribution is 2.12. The molecule has 0 spiro atoms. The van der Waals surface area contributed by atoms with Gasteiger partial charge in [0.15, 0.2) is 5.78 Å². The Labute approximate surface area is 111 Å². The predicted octanol–water partition coefficient (Wildman–Crippen LogP) is 3.03. The van der Waals surface area contributed by atoms with Gasteiger partial charge >= 0.3 is 0 Å². The zero-order valence-corrected chi connectivity index (χ0v) is 11.0. The zero-order chi connectivity index (χ0) is 13.8. The van der Waals surface area contributed by atoms with E-state index in [1.807, 2.05) is 24.3 Å². The third-order valence-corrected chi connectivity index (χ3v) is 2.93. The first-order valence-corrected chi connectivity index (χ1v) is 6.20. The smallest absolute Gasteiger partial charge is 0.272 e. The van der Waals surface area contributed by atoms with Crippen molar-refractivity contribution in [1.82, 2.24) is 4.98 Å². The molecule has 98 valence electrons. The van der Waals surface area contributed by atoms with Gasteiger partial charge in [-0.1, -0.05) is 19.1 Å². The number of benzene rings is 1. The lowest BCUT2D eigenvalue weighted by atomic mass is 10.1. The van der Waals surface area contributed by atoms with Crippen LogP contribution in [0.3, 0.4) is 0 Å². The maximum Gasteiger partial charge on any atom is 0.272 e. The van der Waals surface area contributed by atoms with Gasteiger partial charge in [-0.15, -0.1) is 0 Å². The summed E-state index contributed by atoms with van der Waals surface area (Å²) in [7, 11) is 0. The van der Waals surface area contributed by atoms with Crippen LogP contribution in [0.2, 0.25) is 0 Å². The Morgan fingerprint density at radius 3 is 2.21 bits per heavy atom. The highest BCUT2D eigenvalue weighted by Gasteiger charge is 2.10. The number of anilines is 1. The Balaban J connectivity index is 2.08. The molecule has 0 aliphatic rings. The number of H-pyrrole nitrogens is 1. The highest BCUT2D eigenvalue weighted by atomic mass is 16.2. The molecule has 1 aromatic carbocycles. The van der Waals surface area contributed by atoms with Crippen LogP contribution < -0.4 is 5.32 Å². The van der Waals surface area contributed by atoms with Crippen molar-refractivity contribution in [2.45, 2.75) is 20.3 Å². The summed E-state index contributed by atoms with van der Waals surface area (Å²) in [6, 6.07) is 10.9. The first-order chi connectivity index (χ1) is 9.10. The lowest BCUT2D eigenvalue weighted by Crippen LogP contribution is -2.12. The van der Waals surface area contributed by atoms with Crippen LogP contribution in [-0.4, -0.2) is 16.7 Å². The van der Waals surface area contributed by atoms with Crippen molar-refractivity contribution < 1.29 is 9.59 Å². The highest BCUT2D eigenvalue weighted by molar-refractivity contribution is 6.04. The van der Waals surface area contributed by atoms with E-state index in [-0.39, 0.29) is 11.7 Å². The lowest BCUT2D eigenvalue weighted by Gasteiger charge is -2.04. The van der Waals surface area contributed by atoms with Gasteiger partial charge < -0.3 is 10.3 Å². The van der Waals surface area contributed by atoms with Crippen LogP contribution >= 0.6 is 0 Å². The van der Waals surface area contributed by atoms with Gasteiger partial charge in [-0.25, -0.2) is 0 Å². The standard InChI is InChI=1S/C15H16N2O2/c1-3-11-4-6-12(7-5-11)16-15(19)14-9-8-13(17-14)10(2)18/h4-9,17H,3H2,1-2H3,(H,16,19). The van der Waals surface area contributed by atoms with E-state index in [1.54, 1.807) is 12.1 Å². The van der Waals surface area contributed by atoms with Crippen molar-refractivity contribution in [3.05, 3.63) is 53.3 Å². The summed E-state index contributed by atoms with van der Waals surface area (Å²) in [5.74, 6) is -0.344. The zero-order valence-electron chi connectivity index (χ0n) is 11.0. The monoisotopic (exact) mass is 256 g/mol. The van der Waals surface area contributed by atoms with E-state index in [0.717, 1.165) is 12.1 Å². The molecule has 2 aromatic rings. The Morgan fingerprint density at radius 2 is 1.68 bits per heavy atom. The minimum Gasteiger partial charge on any atom is -0.348 e. The molecule has 1 aromatic heterocycles. The third-order valence-electron chi connectivity index (χ3n) is 2.93. The van der Waals surface area contributed by atoms with E-state index < -0.39 is 0 Å². The molecule has 1 amide bonds. The number of Topliss-reactive ketones (excluding diaryl/α,β-unsaturated/α-hetero) is 1. The molecule has 0 radical (unpaired) electrons. The second-order valence-corrected chi connectivity index (χ2v) is 4.35. The van der Waals surface area contributed by atoms with Gasteiger partial charge in [0.2, 0.25) is 0 Å². The molecule has 0 atom stereocenters. The lowest BCUT2D eigenvalue weighted by molar-refractivity contribution is 0.101. The minimum atomic E-state index is -0.253. The maximum atomic E-state index is 12.0. The van der Waals surface area contributed by atoms with E-state index >= 15 is 0 Å². The molecule has 0 saturated carbocycles.